The molecule has 5 heteroatoms. The number of unbranched alkanes of at least 4 members (excludes halogenated alkanes) is 1. The van der Waals surface area contributed by atoms with E-state index in [1.54, 1.807) is 7.05 Å². The fourth-order valence-electron chi connectivity index (χ4n) is 0.761. The first-order valence-corrected chi connectivity index (χ1v) is 4.39. The van der Waals surface area contributed by atoms with Gasteiger partial charge in [0.05, 0.1) is 6.54 Å². The van der Waals surface area contributed by atoms with Gasteiger partial charge in [0, 0.05) is 13.6 Å². The minimum absolute atomic E-state index is 0. The molecule has 84 valence electrons. The van der Waals surface area contributed by atoms with E-state index in [9.17, 15) is 4.79 Å². The predicted octanol–water partition coefficient (Wildman–Crippen LogP) is 0.178. The lowest BCUT2D eigenvalue weighted by atomic mass is 10.3. The van der Waals surface area contributed by atoms with Crippen molar-refractivity contribution in [2.24, 2.45) is 5.73 Å². The lowest BCUT2D eigenvalue weighted by Gasteiger charge is -2.15. The standard InChI is InChI=1S/C8H18N4O.CH3/c1-3-4-5-11-7(13)6-12(2)8(9)10;/h3-6H2,1-2H3,(H3,9,10)(H,11,13);1H3/q;-1. The van der Waals surface area contributed by atoms with Gasteiger partial charge in [0.1, 0.15) is 0 Å². The van der Waals surface area contributed by atoms with Crippen LogP contribution in [0.5, 0.6) is 0 Å². The summed E-state index contributed by atoms with van der Waals surface area (Å²) in [5.74, 6) is -0.184. The number of carbonyl (C=O) groups is 1. The Bertz CT molecular complexity index is 182. The Labute approximate surface area is 86.2 Å². The first kappa shape index (κ1) is 15.2. The van der Waals surface area contributed by atoms with Crippen molar-refractivity contribution in [3.8, 4) is 0 Å². The number of carbonyl (C=O) groups excluding carboxylic acids is 1. The van der Waals surface area contributed by atoms with Crippen molar-refractivity contribution in [3.05, 3.63) is 7.43 Å². The normalized spacial score (nSPS) is 8.71. The SMILES string of the molecule is CCCCNC(=O)CN(C)C(=N)N.[CH3-]. The monoisotopic (exact) mass is 201 g/mol. The van der Waals surface area contributed by atoms with E-state index >= 15 is 0 Å². The zero-order valence-corrected chi connectivity index (χ0v) is 9.26. The maximum absolute atomic E-state index is 11.1. The highest BCUT2D eigenvalue weighted by molar-refractivity contribution is 5.83. The van der Waals surface area contributed by atoms with Crippen LogP contribution in [-0.4, -0.2) is 36.9 Å². The third kappa shape index (κ3) is 7.39. The van der Waals surface area contributed by atoms with Crippen molar-refractivity contribution in [1.82, 2.24) is 10.2 Å². The topological polar surface area (TPSA) is 82.2 Å². The highest BCUT2D eigenvalue weighted by Crippen LogP contribution is 1.84. The van der Waals surface area contributed by atoms with Crippen LogP contribution in [0.2, 0.25) is 0 Å². The third-order valence-corrected chi connectivity index (χ3v) is 1.64. The maximum Gasteiger partial charge on any atom is 0.239 e. The van der Waals surface area contributed by atoms with Crippen LogP contribution in [0.1, 0.15) is 19.8 Å². The molecule has 5 nitrogen and oxygen atoms in total. The molecular weight excluding hydrogens is 180 g/mol. The van der Waals surface area contributed by atoms with Gasteiger partial charge in [0.15, 0.2) is 5.96 Å². The summed E-state index contributed by atoms with van der Waals surface area (Å²) in [5.41, 5.74) is 5.17. The van der Waals surface area contributed by atoms with E-state index in [0.717, 1.165) is 12.8 Å². The fraction of sp³-hybridized carbons (Fsp3) is 0.667. The molecule has 0 aromatic carbocycles. The fourth-order valence-corrected chi connectivity index (χ4v) is 0.761. The summed E-state index contributed by atoms with van der Waals surface area (Å²) in [6.45, 7) is 2.91. The Balaban J connectivity index is 0. The summed E-state index contributed by atoms with van der Waals surface area (Å²) < 4.78 is 0. The van der Waals surface area contributed by atoms with Crippen molar-refractivity contribution in [1.29, 1.82) is 5.41 Å². The lowest BCUT2D eigenvalue weighted by Crippen LogP contribution is -2.41. The molecule has 0 aromatic heterocycles. The predicted molar refractivity (Wildman–Crippen MR) is 58.9 cm³/mol. The number of nitrogens with one attached hydrogen (secondary N) is 2. The van der Waals surface area contributed by atoms with Crippen LogP contribution in [0.3, 0.4) is 0 Å². The maximum atomic E-state index is 11.1. The molecule has 0 aromatic rings. The van der Waals surface area contributed by atoms with Crippen molar-refractivity contribution >= 4 is 11.9 Å². The van der Waals surface area contributed by atoms with E-state index in [1.165, 1.54) is 4.90 Å². The summed E-state index contributed by atoms with van der Waals surface area (Å²) in [6, 6.07) is 0. The summed E-state index contributed by atoms with van der Waals surface area (Å²) in [5, 5.41) is 9.77. The second kappa shape index (κ2) is 8.34. The van der Waals surface area contributed by atoms with Gasteiger partial charge in [0.2, 0.25) is 5.91 Å². The van der Waals surface area contributed by atoms with Crippen molar-refractivity contribution < 1.29 is 4.79 Å². The molecule has 4 N–H and O–H groups in total. The smallest absolute Gasteiger partial charge is 0.239 e. The molecule has 14 heavy (non-hydrogen) atoms. The van der Waals surface area contributed by atoms with E-state index in [-0.39, 0.29) is 25.8 Å². The van der Waals surface area contributed by atoms with Crippen LogP contribution in [0.25, 0.3) is 0 Å². The number of guanidine groups is 1. The Morgan fingerprint density at radius 3 is 2.57 bits per heavy atom. The average molecular weight is 201 g/mol. The third-order valence-electron chi connectivity index (χ3n) is 1.64. The highest BCUT2D eigenvalue weighted by Gasteiger charge is 2.05. The molecule has 0 spiro atoms. The number of hydrogen-bond donors (Lipinski definition) is 3. The van der Waals surface area contributed by atoms with Crippen LogP contribution in [-0.2, 0) is 4.79 Å². The average Bonchev–Trinajstić information content (AvgIpc) is 2.04. The Morgan fingerprint density at radius 1 is 1.57 bits per heavy atom. The second-order valence-corrected chi connectivity index (χ2v) is 2.94. The molecule has 0 saturated carbocycles. The zero-order chi connectivity index (χ0) is 10.3. The minimum atomic E-state index is -0.0920. The quantitative estimate of drug-likeness (QED) is 0.257. The summed E-state index contributed by atoms with van der Waals surface area (Å²) in [6.07, 6.45) is 2.04. The Kier molecular flexibility index (Phi) is 9.07. The van der Waals surface area contributed by atoms with Crippen LogP contribution in [0.15, 0.2) is 0 Å². The van der Waals surface area contributed by atoms with Gasteiger partial charge in [-0.05, 0) is 6.42 Å². The summed E-state index contributed by atoms with van der Waals surface area (Å²) in [4.78, 5) is 12.5. The number of nitrogens with two attached hydrogens (primary N) is 1. The molecule has 1 amide bonds. The zero-order valence-electron chi connectivity index (χ0n) is 9.26. The number of amides is 1. The number of nitrogens with zero attached hydrogens (tertiary/aromatic N) is 1. The molecule has 0 bridgehead atoms. The van der Waals surface area contributed by atoms with E-state index in [0.29, 0.717) is 6.54 Å². The van der Waals surface area contributed by atoms with Crippen molar-refractivity contribution in [2.45, 2.75) is 19.8 Å². The van der Waals surface area contributed by atoms with E-state index in [2.05, 4.69) is 12.2 Å². The molecule has 0 saturated heterocycles. The molecular formula is C9H21N4O-. The molecule has 0 atom stereocenters. The van der Waals surface area contributed by atoms with Crippen molar-refractivity contribution in [2.75, 3.05) is 20.1 Å². The summed E-state index contributed by atoms with van der Waals surface area (Å²) in [7, 11) is 1.61. The van der Waals surface area contributed by atoms with E-state index in [4.69, 9.17) is 11.1 Å². The molecule has 0 radical (unpaired) electrons. The van der Waals surface area contributed by atoms with Gasteiger partial charge in [-0.2, -0.15) is 0 Å². The first-order valence-electron chi connectivity index (χ1n) is 4.39. The largest absolute Gasteiger partial charge is 0.370 e. The van der Waals surface area contributed by atoms with E-state index in [1.807, 2.05) is 0 Å². The number of likely N-dealkylation sites (N-methyl/N-ethyl adjacent to an activating group) is 1. The van der Waals surface area contributed by atoms with Crippen LogP contribution in [0, 0.1) is 12.8 Å². The van der Waals surface area contributed by atoms with E-state index < -0.39 is 0 Å². The number of rotatable bonds is 5. The van der Waals surface area contributed by atoms with Gasteiger partial charge in [0.25, 0.3) is 0 Å². The molecule has 0 fully saturated rings. The number of hydrogen-bond acceptors (Lipinski definition) is 2. The van der Waals surface area contributed by atoms with Gasteiger partial charge in [-0.3, -0.25) is 10.2 Å². The van der Waals surface area contributed by atoms with Gasteiger partial charge >= 0.3 is 0 Å². The summed E-state index contributed by atoms with van der Waals surface area (Å²) >= 11 is 0. The Hall–Kier alpha value is -1.26. The molecule has 0 aliphatic rings. The van der Waals surface area contributed by atoms with Crippen LogP contribution < -0.4 is 11.1 Å². The second-order valence-electron chi connectivity index (χ2n) is 2.94. The first-order chi connectivity index (χ1) is 6.07. The molecule has 0 heterocycles. The minimum Gasteiger partial charge on any atom is -0.370 e. The van der Waals surface area contributed by atoms with Crippen LogP contribution in [0.4, 0.5) is 0 Å². The Morgan fingerprint density at radius 2 is 2.14 bits per heavy atom. The van der Waals surface area contributed by atoms with Crippen molar-refractivity contribution in [3.63, 3.8) is 0 Å². The van der Waals surface area contributed by atoms with Crippen LogP contribution >= 0.6 is 0 Å². The van der Waals surface area contributed by atoms with Gasteiger partial charge in [-0.15, -0.1) is 0 Å². The van der Waals surface area contributed by atoms with Gasteiger partial charge in [-0.1, -0.05) is 13.3 Å². The highest BCUT2D eigenvalue weighted by atomic mass is 16.2. The van der Waals surface area contributed by atoms with Gasteiger partial charge in [-0.25, -0.2) is 0 Å². The molecule has 0 aliphatic heterocycles. The molecule has 0 rings (SSSR count). The lowest BCUT2D eigenvalue weighted by molar-refractivity contribution is -0.121. The molecule has 0 aliphatic carbocycles. The van der Waals surface area contributed by atoms with Gasteiger partial charge < -0.3 is 23.4 Å². The molecule has 0 unspecified atom stereocenters.